The first kappa shape index (κ1) is 18.8. The fraction of sp³-hybridized carbons (Fsp3) is 0.174. The zero-order chi connectivity index (χ0) is 19.3. The van der Waals surface area contributed by atoms with Gasteiger partial charge in [-0.05, 0) is 34.9 Å². The molecule has 27 heavy (non-hydrogen) atoms. The number of rotatable bonds is 6. The molecule has 0 heterocycles. The van der Waals surface area contributed by atoms with E-state index in [1.807, 2.05) is 60.7 Å². The number of hydrogen-bond acceptors (Lipinski definition) is 3. The van der Waals surface area contributed by atoms with Gasteiger partial charge in [0, 0.05) is 18.9 Å². The van der Waals surface area contributed by atoms with E-state index >= 15 is 0 Å². The molecule has 0 saturated carbocycles. The lowest BCUT2D eigenvalue weighted by molar-refractivity contribution is -0.131. The molecule has 4 nitrogen and oxygen atoms in total. The minimum absolute atomic E-state index is 0.200. The van der Waals surface area contributed by atoms with Crippen LogP contribution in [-0.4, -0.2) is 32.5 Å². The Balaban J connectivity index is 1.98. The van der Waals surface area contributed by atoms with Gasteiger partial charge in [0.1, 0.15) is 11.2 Å². The summed E-state index contributed by atoms with van der Waals surface area (Å²) in [5.74, 6) is -1.07. The summed E-state index contributed by atoms with van der Waals surface area (Å²) >= 11 is 0. The van der Waals surface area contributed by atoms with Crippen LogP contribution < -0.4 is 0 Å². The van der Waals surface area contributed by atoms with E-state index in [0.29, 0.717) is 5.57 Å². The Hall–Kier alpha value is -2.95. The summed E-state index contributed by atoms with van der Waals surface area (Å²) in [7, 11) is 0. The summed E-state index contributed by atoms with van der Waals surface area (Å²) in [4.78, 5) is 10.8. The molecule has 2 atom stereocenters. The predicted octanol–water partition coefficient (Wildman–Crippen LogP) is 3.07. The summed E-state index contributed by atoms with van der Waals surface area (Å²) in [5, 5.41) is 31.7. The molecule has 0 aliphatic heterocycles. The highest BCUT2D eigenvalue weighted by molar-refractivity contribution is 5.80. The maximum absolute atomic E-state index is 11.5. The summed E-state index contributed by atoms with van der Waals surface area (Å²) in [6.07, 6.45) is 7.61. The van der Waals surface area contributed by atoms with Crippen LogP contribution in [0.2, 0.25) is 0 Å². The Labute approximate surface area is 158 Å². The van der Waals surface area contributed by atoms with Crippen molar-refractivity contribution in [2.45, 2.75) is 24.0 Å². The number of benzene rings is 2. The number of allylic oxidation sites excluding steroid dienone is 3. The zero-order valence-electron chi connectivity index (χ0n) is 14.8. The van der Waals surface area contributed by atoms with Crippen molar-refractivity contribution in [2.24, 2.45) is 0 Å². The first-order valence-electron chi connectivity index (χ1n) is 8.76. The molecule has 0 spiro atoms. The van der Waals surface area contributed by atoms with Crippen LogP contribution in [0.1, 0.15) is 11.1 Å². The topological polar surface area (TPSA) is 77.8 Å². The van der Waals surface area contributed by atoms with Gasteiger partial charge in [-0.1, -0.05) is 66.7 Å². The number of carboxylic acid groups (broad SMARTS) is 1. The van der Waals surface area contributed by atoms with Gasteiger partial charge in [-0.25, -0.2) is 4.79 Å². The van der Waals surface area contributed by atoms with E-state index in [1.54, 1.807) is 18.2 Å². The average molecular weight is 362 g/mol. The van der Waals surface area contributed by atoms with Gasteiger partial charge < -0.3 is 15.3 Å². The molecule has 0 fully saturated rings. The second kappa shape index (κ2) is 7.74. The molecule has 4 heteroatoms. The van der Waals surface area contributed by atoms with Crippen molar-refractivity contribution in [1.29, 1.82) is 0 Å². The Morgan fingerprint density at radius 1 is 0.852 bits per heavy atom. The summed E-state index contributed by atoms with van der Waals surface area (Å²) in [6.45, 7) is 0. The van der Waals surface area contributed by atoms with E-state index in [0.717, 1.165) is 17.2 Å². The Morgan fingerprint density at radius 3 is 1.89 bits per heavy atom. The van der Waals surface area contributed by atoms with Crippen molar-refractivity contribution in [3.8, 4) is 0 Å². The van der Waals surface area contributed by atoms with E-state index in [1.165, 1.54) is 6.08 Å². The van der Waals surface area contributed by atoms with Crippen LogP contribution in [0.3, 0.4) is 0 Å². The third-order valence-electron chi connectivity index (χ3n) is 4.76. The molecule has 1 aliphatic rings. The Kier molecular flexibility index (Phi) is 5.40. The third-order valence-corrected chi connectivity index (χ3v) is 4.76. The van der Waals surface area contributed by atoms with Crippen LogP contribution in [-0.2, 0) is 17.6 Å². The maximum atomic E-state index is 11.5. The molecule has 138 valence electrons. The van der Waals surface area contributed by atoms with Crippen LogP contribution in [0.15, 0.2) is 96.6 Å². The second-order valence-corrected chi connectivity index (χ2v) is 6.82. The Bertz CT molecular complexity index is 883. The van der Waals surface area contributed by atoms with Crippen molar-refractivity contribution in [3.05, 3.63) is 108 Å². The maximum Gasteiger partial charge on any atom is 0.328 e. The van der Waals surface area contributed by atoms with E-state index in [-0.39, 0.29) is 12.8 Å². The SMILES string of the molecule is O=C(O)C=CC1=CC(O)(Cc2ccccc2)C(O)(Cc2ccccc2)C=C1. The van der Waals surface area contributed by atoms with Crippen LogP contribution in [0.25, 0.3) is 0 Å². The number of aliphatic carboxylic acids is 1. The lowest BCUT2D eigenvalue weighted by atomic mass is 9.71. The molecule has 3 rings (SSSR count). The molecule has 0 amide bonds. The number of carboxylic acids is 1. The highest BCUT2D eigenvalue weighted by atomic mass is 16.4. The molecular weight excluding hydrogens is 340 g/mol. The molecule has 2 unspecified atom stereocenters. The lowest BCUT2D eigenvalue weighted by Crippen LogP contribution is -2.56. The zero-order valence-corrected chi connectivity index (χ0v) is 14.8. The average Bonchev–Trinajstić information content (AvgIpc) is 2.64. The van der Waals surface area contributed by atoms with Gasteiger partial charge in [0.2, 0.25) is 0 Å². The van der Waals surface area contributed by atoms with Crippen molar-refractivity contribution in [3.63, 3.8) is 0 Å². The summed E-state index contributed by atoms with van der Waals surface area (Å²) < 4.78 is 0. The predicted molar refractivity (Wildman–Crippen MR) is 104 cm³/mol. The molecule has 0 aromatic heterocycles. The monoisotopic (exact) mass is 362 g/mol. The van der Waals surface area contributed by atoms with Gasteiger partial charge >= 0.3 is 5.97 Å². The highest BCUT2D eigenvalue weighted by Gasteiger charge is 2.47. The van der Waals surface area contributed by atoms with E-state index in [2.05, 4.69) is 0 Å². The summed E-state index contributed by atoms with van der Waals surface area (Å²) in [6, 6.07) is 18.9. The van der Waals surface area contributed by atoms with Crippen molar-refractivity contribution >= 4 is 5.97 Å². The van der Waals surface area contributed by atoms with E-state index in [9.17, 15) is 15.0 Å². The van der Waals surface area contributed by atoms with Crippen molar-refractivity contribution in [1.82, 2.24) is 0 Å². The minimum atomic E-state index is -1.59. The largest absolute Gasteiger partial charge is 0.478 e. The Morgan fingerprint density at radius 2 is 1.37 bits per heavy atom. The van der Waals surface area contributed by atoms with Crippen LogP contribution in [0, 0.1) is 0 Å². The second-order valence-electron chi connectivity index (χ2n) is 6.82. The number of hydrogen-bond donors (Lipinski definition) is 3. The van der Waals surface area contributed by atoms with Crippen LogP contribution in [0.5, 0.6) is 0 Å². The molecule has 2 aromatic rings. The normalized spacial score (nSPS) is 24.7. The number of aliphatic hydroxyl groups is 2. The van der Waals surface area contributed by atoms with Crippen LogP contribution >= 0.6 is 0 Å². The molecular formula is C23H22O4. The third kappa shape index (κ3) is 4.42. The molecule has 0 saturated heterocycles. The smallest absolute Gasteiger partial charge is 0.328 e. The van der Waals surface area contributed by atoms with Gasteiger partial charge in [0.15, 0.2) is 0 Å². The molecule has 2 aromatic carbocycles. The van der Waals surface area contributed by atoms with Gasteiger partial charge in [-0.2, -0.15) is 0 Å². The minimum Gasteiger partial charge on any atom is -0.478 e. The van der Waals surface area contributed by atoms with Gasteiger partial charge in [-0.3, -0.25) is 0 Å². The van der Waals surface area contributed by atoms with Gasteiger partial charge in [0.05, 0.1) is 0 Å². The molecule has 0 bridgehead atoms. The van der Waals surface area contributed by atoms with E-state index < -0.39 is 17.2 Å². The first-order chi connectivity index (χ1) is 12.9. The van der Waals surface area contributed by atoms with E-state index in [4.69, 9.17) is 5.11 Å². The molecule has 0 radical (unpaired) electrons. The summed E-state index contributed by atoms with van der Waals surface area (Å²) in [5.41, 5.74) is -0.802. The molecule has 3 N–H and O–H groups in total. The van der Waals surface area contributed by atoms with Gasteiger partial charge in [-0.15, -0.1) is 0 Å². The van der Waals surface area contributed by atoms with Crippen molar-refractivity contribution < 1.29 is 20.1 Å². The molecule has 1 aliphatic carbocycles. The lowest BCUT2D eigenvalue weighted by Gasteiger charge is -2.42. The van der Waals surface area contributed by atoms with Crippen LogP contribution in [0.4, 0.5) is 0 Å². The quantitative estimate of drug-likeness (QED) is 0.690. The fourth-order valence-corrected chi connectivity index (χ4v) is 3.33. The van der Waals surface area contributed by atoms with Crippen molar-refractivity contribution in [2.75, 3.05) is 0 Å². The number of carbonyl (C=O) groups is 1. The van der Waals surface area contributed by atoms with Gasteiger partial charge in [0.25, 0.3) is 0 Å². The first-order valence-corrected chi connectivity index (χ1v) is 8.76. The highest BCUT2D eigenvalue weighted by Crippen LogP contribution is 2.37. The standard InChI is InChI=1S/C23H22O4/c24-21(25)12-11-20-13-14-22(26,15-18-7-3-1-4-8-18)23(27,17-20)16-19-9-5-2-6-10-19/h1-14,17,26-27H,15-16H2,(H,24,25). The fourth-order valence-electron chi connectivity index (χ4n) is 3.33.